The zero-order valence-electron chi connectivity index (χ0n) is 14.8. The first-order valence-corrected chi connectivity index (χ1v) is 8.23. The third-order valence-electron chi connectivity index (χ3n) is 3.88. The summed E-state index contributed by atoms with van der Waals surface area (Å²) in [5.41, 5.74) is 1.11. The van der Waals surface area contributed by atoms with Gasteiger partial charge >= 0.3 is 11.9 Å². The number of para-hydroxylation sites is 1. The topological polar surface area (TPSA) is 90.9 Å². The molecule has 1 N–H and O–H groups in total. The SMILES string of the molecule is CCOC(=O)c1ccc(NC=C2C(=O)Oc3c(OC)cccc3C2=O)cc1. The summed E-state index contributed by atoms with van der Waals surface area (Å²) in [4.78, 5) is 36.5. The van der Waals surface area contributed by atoms with Crippen LogP contribution in [0.2, 0.25) is 0 Å². The number of benzene rings is 2. The van der Waals surface area contributed by atoms with Crippen LogP contribution in [0.25, 0.3) is 0 Å². The summed E-state index contributed by atoms with van der Waals surface area (Å²) in [6.07, 6.45) is 1.28. The molecule has 1 aliphatic heterocycles. The number of carbonyl (C=O) groups is 3. The second-order valence-corrected chi connectivity index (χ2v) is 5.56. The van der Waals surface area contributed by atoms with Gasteiger partial charge in [-0.15, -0.1) is 0 Å². The summed E-state index contributed by atoms with van der Waals surface area (Å²) in [6, 6.07) is 11.3. The number of hydrogen-bond donors (Lipinski definition) is 1. The summed E-state index contributed by atoms with van der Waals surface area (Å²) in [6.45, 7) is 2.02. The number of rotatable bonds is 5. The van der Waals surface area contributed by atoms with Crippen molar-refractivity contribution in [1.29, 1.82) is 0 Å². The van der Waals surface area contributed by atoms with Gasteiger partial charge in [0.1, 0.15) is 5.57 Å². The standard InChI is InChI=1S/C20H17NO6/c1-3-26-19(23)12-7-9-13(10-8-12)21-11-15-17(22)14-5-4-6-16(25-2)18(14)27-20(15)24/h4-11,21H,3H2,1-2H3. The van der Waals surface area contributed by atoms with E-state index in [0.717, 1.165) is 0 Å². The van der Waals surface area contributed by atoms with Gasteiger partial charge in [-0.1, -0.05) is 6.07 Å². The summed E-state index contributed by atoms with van der Waals surface area (Å²) >= 11 is 0. The molecule has 0 saturated heterocycles. The normalized spacial score (nSPS) is 14.4. The third kappa shape index (κ3) is 3.67. The van der Waals surface area contributed by atoms with Crippen molar-refractivity contribution in [2.24, 2.45) is 0 Å². The number of anilines is 1. The van der Waals surface area contributed by atoms with Gasteiger partial charge in [0.15, 0.2) is 11.5 Å². The van der Waals surface area contributed by atoms with Crippen molar-refractivity contribution in [2.45, 2.75) is 6.92 Å². The fourth-order valence-electron chi connectivity index (χ4n) is 2.54. The average Bonchev–Trinajstić information content (AvgIpc) is 2.68. The second kappa shape index (κ2) is 7.74. The Bertz CT molecular complexity index is 930. The number of ether oxygens (including phenoxy) is 3. The maximum absolute atomic E-state index is 12.6. The quantitative estimate of drug-likeness (QED) is 0.376. The zero-order valence-corrected chi connectivity index (χ0v) is 14.8. The molecule has 0 atom stereocenters. The van der Waals surface area contributed by atoms with E-state index in [1.54, 1.807) is 49.4 Å². The van der Waals surface area contributed by atoms with Crippen molar-refractivity contribution in [3.63, 3.8) is 0 Å². The predicted molar refractivity (Wildman–Crippen MR) is 97.1 cm³/mol. The van der Waals surface area contributed by atoms with Crippen LogP contribution in [0.5, 0.6) is 11.5 Å². The number of ketones is 1. The minimum atomic E-state index is -0.771. The molecule has 2 aromatic carbocycles. The molecule has 0 saturated carbocycles. The molecule has 0 spiro atoms. The summed E-state index contributed by atoms with van der Waals surface area (Å²) in [7, 11) is 1.43. The van der Waals surface area contributed by atoms with E-state index in [9.17, 15) is 14.4 Å². The minimum absolute atomic E-state index is 0.117. The summed E-state index contributed by atoms with van der Waals surface area (Å²) in [5, 5.41) is 2.87. The minimum Gasteiger partial charge on any atom is -0.493 e. The Morgan fingerprint density at radius 2 is 1.89 bits per heavy atom. The summed E-state index contributed by atoms with van der Waals surface area (Å²) in [5.74, 6) is -1.22. The van der Waals surface area contributed by atoms with Crippen molar-refractivity contribution in [1.82, 2.24) is 0 Å². The first kappa shape index (κ1) is 18.2. The molecular formula is C20H17NO6. The highest BCUT2D eigenvalue weighted by Crippen LogP contribution is 2.36. The van der Waals surface area contributed by atoms with Crippen LogP contribution in [0.4, 0.5) is 5.69 Å². The second-order valence-electron chi connectivity index (χ2n) is 5.56. The fraction of sp³-hybridized carbons (Fsp3) is 0.150. The van der Waals surface area contributed by atoms with E-state index in [2.05, 4.69) is 5.32 Å². The van der Waals surface area contributed by atoms with Gasteiger partial charge in [-0.3, -0.25) is 4.79 Å². The van der Waals surface area contributed by atoms with Crippen LogP contribution in [-0.2, 0) is 9.53 Å². The number of esters is 2. The highest BCUT2D eigenvalue weighted by Gasteiger charge is 2.32. The lowest BCUT2D eigenvalue weighted by Crippen LogP contribution is -2.26. The van der Waals surface area contributed by atoms with Crippen molar-refractivity contribution >= 4 is 23.4 Å². The average molecular weight is 367 g/mol. The monoisotopic (exact) mass is 367 g/mol. The maximum Gasteiger partial charge on any atom is 0.349 e. The van der Waals surface area contributed by atoms with Crippen LogP contribution in [0.1, 0.15) is 27.6 Å². The molecule has 1 aliphatic rings. The molecule has 0 fully saturated rings. The number of Topliss-reactive ketones (excluding diaryl/α,β-unsaturated/α-hetero) is 1. The number of methoxy groups -OCH3 is 1. The van der Waals surface area contributed by atoms with Crippen LogP contribution in [0, 0.1) is 0 Å². The lowest BCUT2D eigenvalue weighted by atomic mass is 10.00. The Morgan fingerprint density at radius 3 is 2.56 bits per heavy atom. The van der Waals surface area contributed by atoms with Gasteiger partial charge in [-0.05, 0) is 43.3 Å². The molecule has 138 valence electrons. The molecule has 7 nitrogen and oxygen atoms in total. The molecular weight excluding hydrogens is 350 g/mol. The van der Waals surface area contributed by atoms with Crippen LogP contribution in [0.3, 0.4) is 0 Å². The molecule has 27 heavy (non-hydrogen) atoms. The molecule has 0 aliphatic carbocycles. The molecule has 2 aromatic rings. The van der Waals surface area contributed by atoms with Crippen LogP contribution in [0.15, 0.2) is 54.2 Å². The molecule has 1 heterocycles. The first-order valence-electron chi connectivity index (χ1n) is 8.23. The van der Waals surface area contributed by atoms with Gasteiger partial charge in [-0.25, -0.2) is 9.59 Å². The Balaban J connectivity index is 1.80. The molecule has 7 heteroatoms. The first-order chi connectivity index (χ1) is 13.0. The highest BCUT2D eigenvalue weighted by molar-refractivity contribution is 6.28. The van der Waals surface area contributed by atoms with E-state index in [4.69, 9.17) is 14.2 Å². The van der Waals surface area contributed by atoms with Crippen LogP contribution in [-0.4, -0.2) is 31.4 Å². The Morgan fingerprint density at radius 1 is 1.15 bits per heavy atom. The number of fused-ring (bicyclic) bond motifs is 1. The molecule has 3 rings (SSSR count). The Labute approximate surface area is 155 Å². The smallest absolute Gasteiger partial charge is 0.349 e. The lowest BCUT2D eigenvalue weighted by Gasteiger charge is -2.19. The van der Waals surface area contributed by atoms with Gasteiger partial charge in [-0.2, -0.15) is 0 Å². The van der Waals surface area contributed by atoms with Crippen LogP contribution < -0.4 is 14.8 Å². The molecule has 0 bridgehead atoms. The van der Waals surface area contributed by atoms with E-state index >= 15 is 0 Å². The molecule has 0 amide bonds. The fourth-order valence-corrected chi connectivity index (χ4v) is 2.54. The van der Waals surface area contributed by atoms with E-state index in [-0.39, 0.29) is 16.9 Å². The zero-order chi connectivity index (χ0) is 19.4. The van der Waals surface area contributed by atoms with Gasteiger partial charge in [0.05, 0.1) is 24.8 Å². The molecule has 0 aromatic heterocycles. The van der Waals surface area contributed by atoms with Crippen LogP contribution >= 0.6 is 0 Å². The maximum atomic E-state index is 12.6. The van der Waals surface area contributed by atoms with Crippen molar-refractivity contribution in [2.75, 3.05) is 19.0 Å². The van der Waals surface area contributed by atoms with E-state index in [1.807, 2.05) is 0 Å². The third-order valence-corrected chi connectivity index (χ3v) is 3.88. The Hall–Kier alpha value is -3.61. The van der Waals surface area contributed by atoms with Crippen molar-refractivity contribution < 1.29 is 28.6 Å². The van der Waals surface area contributed by atoms with E-state index in [0.29, 0.717) is 23.6 Å². The van der Waals surface area contributed by atoms with Gasteiger partial charge in [0.25, 0.3) is 0 Å². The number of carbonyl (C=O) groups excluding carboxylic acids is 3. The lowest BCUT2D eigenvalue weighted by molar-refractivity contribution is -0.130. The number of hydrogen-bond acceptors (Lipinski definition) is 7. The van der Waals surface area contributed by atoms with E-state index < -0.39 is 17.7 Å². The van der Waals surface area contributed by atoms with Gasteiger partial charge < -0.3 is 19.5 Å². The predicted octanol–water partition coefficient (Wildman–Crippen LogP) is 2.97. The van der Waals surface area contributed by atoms with Crippen molar-refractivity contribution in [3.8, 4) is 11.5 Å². The largest absolute Gasteiger partial charge is 0.493 e. The Kier molecular flexibility index (Phi) is 5.21. The van der Waals surface area contributed by atoms with E-state index in [1.165, 1.54) is 13.3 Å². The molecule has 0 radical (unpaired) electrons. The summed E-state index contributed by atoms with van der Waals surface area (Å²) < 4.78 is 15.3. The van der Waals surface area contributed by atoms with Gasteiger partial charge in [0, 0.05) is 11.9 Å². The van der Waals surface area contributed by atoms with Gasteiger partial charge in [0.2, 0.25) is 5.78 Å². The molecule has 0 unspecified atom stereocenters. The number of nitrogens with one attached hydrogen (secondary N) is 1. The van der Waals surface area contributed by atoms with Crippen molar-refractivity contribution in [3.05, 3.63) is 65.4 Å². The highest BCUT2D eigenvalue weighted by atomic mass is 16.6.